The molecule has 0 amide bonds. The highest BCUT2D eigenvalue weighted by molar-refractivity contribution is 7.80. The molecule has 0 unspecified atom stereocenters. The van der Waals surface area contributed by atoms with Gasteiger partial charge in [-0.25, -0.2) is 0 Å². The Morgan fingerprint density at radius 1 is 1.47 bits per heavy atom. The van der Waals surface area contributed by atoms with Crippen molar-refractivity contribution < 1.29 is 0 Å². The van der Waals surface area contributed by atoms with Gasteiger partial charge in [0, 0.05) is 11.1 Å². The third kappa shape index (κ3) is 2.90. The Labute approximate surface area is 113 Å². The molecule has 1 fully saturated rings. The van der Waals surface area contributed by atoms with Crippen LogP contribution in [-0.4, -0.2) is 10.5 Å². The van der Waals surface area contributed by atoms with Gasteiger partial charge in [-0.15, -0.1) is 0 Å². The number of nitrogens with one attached hydrogen (secondary N) is 1. The lowest BCUT2D eigenvalue weighted by molar-refractivity contribution is 0.494. The number of hydrogen-bond donors (Lipinski definition) is 2. The number of rotatable bonds is 4. The number of halogens is 1. The zero-order chi connectivity index (χ0) is 12.6. The van der Waals surface area contributed by atoms with Crippen LogP contribution in [0.1, 0.15) is 32.3 Å². The topological polar surface area (TPSA) is 38.0 Å². The molecule has 0 bridgehead atoms. The summed E-state index contributed by atoms with van der Waals surface area (Å²) >= 11 is 11.2. The van der Waals surface area contributed by atoms with Crippen LogP contribution in [0.4, 0.5) is 5.69 Å². The summed E-state index contributed by atoms with van der Waals surface area (Å²) in [5.41, 5.74) is 7.42. The van der Waals surface area contributed by atoms with Crippen molar-refractivity contribution in [2.24, 2.45) is 11.7 Å². The molecule has 0 radical (unpaired) electrons. The van der Waals surface area contributed by atoms with Gasteiger partial charge in [0.2, 0.25) is 0 Å². The summed E-state index contributed by atoms with van der Waals surface area (Å²) in [5, 5.41) is 4.17. The van der Waals surface area contributed by atoms with E-state index < -0.39 is 0 Å². The summed E-state index contributed by atoms with van der Waals surface area (Å²) < 4.78 is 0. The lowest BCUT2D eigenvalue weighted by Crippen LogP contribution is -2.33. The lowest BCUT2D eigenvalue weighted by Gasteiger charge is -2.28. The maximum atomic E-state index is 6.23. The first-order valence-electron chi connectivity index (χ1n) is 5.77. The van der Waals surface area contributed by atoms with E-state index >= 15 is 0 Å². The summed E-state index contributed by atoms with van der Waals surface area (Å²) in [7, 11) is 0. The van der Waals surface area contributed by atoms with Gasteiger partial charge in [0.05, 0.1) is 10.7 Å². The molecule has 1 aromatic rings. The van der Waals surface area contributed by atoms with E-state index in [2.05, 4.69) is 19.2 Å². The van der Waals surface area contributed by atoms with Crippen molar-refractivity contribution in [2.75, 3.05) is 5.32 Å². The fourth-order valence-corrected chi connectivity index (χ4v) is 2.38. The van der Waals surface area contributed by atoms with Gasteiger partial charge in [-0.3, -0.25) is 0 Å². The summed E-state index contributed by atoms with van der Waals surface area (Å²) in [4.78, 5) is 0.375. The van der Waals surface area contributed by atoms with Crippen LogP contribution in [0.5, 0.6) is 0 Å². The van der Waals surface area contributed by atoms with E-state index in [0.717, 1.165) is 17.2 Å². The highest BCUT2D eigenvalue weighted by Gasteiger charge is 2.37. The predicted octanol–water partition coefficient (Wildman–Crippen LogP) is 3.57. The van der Waals surface area contributed by atoms with Gasteiger partial charge in [0.15, 0.2) is 0 Å². The molecule has 4 heteroatoms. The molecule has 0 aromatic heterocycles. The van der Waals surface area contributed by atoms with Gasteiger partial charge in [-0.2, -0.15) is 0 Å². The monoisotopic (exact) mass is 268 g/mol. The zero-order valence-electron chi connectivity index (χ0n) is 10.1. The molecule has 0 heterocycles. The highest BCUT2D eigenvalue weighted by atomic mass is 35.5. The fraction of sp³-hybridized carbons (Fsp3) is 0.462. The summed E-state index contributed by atoms with van der Waals surface area (Å²) in [6, 6.07) is 5.66. The quantitative estimate of drug-likeness (QED) is 0.820. The average Bonchev–Trinajstić information content (AvgIpc) is 3.04. The standard InChI is InChI=1S/C13H17ClN2S/c1-13(2,9-4-5-9)16-11-6-3-8(12(15)17)7-10(11)14/h3,6-7,9,16H,4-5H2,1-2H3,(H2,15,17). The molecular formula is C13H17ClN2S. The van der Waals surface area contributed by atoms with Gasteiger partial charge in [0.25, 0.3) is 0 Å². The molecule has 17 heavy (non-hydrogen) atoms. The highest BCUT2D eigenvalue weighted by Crippen LogP contribution is 2.42. The van der Waals surface area contributed by atoms with E-state index in [-0.39, 0.29) is 5.54 Å². The van der Waals surface area contributed by atoms with Crippen LogP contribution in [0.15, 0.2) is 18.2 Å². The van der Waals surface area contributed by atoms with Gasteiger partial charge >= 0.3 is 0 Å². The molecule has 1 aliphatic carbocycles. The van der Waals surface area contributed by atoms with E-state index in [4.69, 9.17) is 29.6 Å². The maximum absolute atomic E-state index is 6.23. The van der Waals surface area contributed by atoms with Crippen molar-refractivity contribution in [1.29, 1.82) is 0 Å². The molecule has 0 aliphatic heterocycles. The van der Waals surface area contributed by atoms with E-state index in [1.807, 2.05) is 18.2 Å². The zero-order valence-corrected chi connectivity index (χ0v) is 11.7. The molecule has 3 N–H and O–H groups in total. The summed E-state index contributed by atoms with van der Waals surface area (Å²) in [6.45, 7) is 4.42. The van der Waals surface area contributed by atoms with Gasteiger partial charge in [-0.05, 0) is 50.8 Å². The molecule has 1 saturated carbocycles. The fourth-order valence-electron chi connectivity index (χ4n) is 2.02. The SMILES string of the molecule is CC(C)(Nc1ccc(C(N)=S)cc1Cl)C1CC1. The first-order chi connectivity index (χ1) is 7.90. The van der Waals surface area contributed by atoms with Crippen LogP contribution in [0.2, 0.25) is 5.02 Å². The second-order valence-corrected chi connectivity index (χ2v) is 6.03. The van der Waals surface area contributed by atoms with Crippen LogP contribution < -0.4 is 11.1 Å². The Bertz CT molecular complexity index is 453. The molecule has 92 valence electrons. The molecule has 0 spiro atoms. The Morgan fingerprint density at radius 2 is 2.12 bits per heavy atom. The smallest absolute Gasteiger partial charge is 0.104 e. The predicted molar refractivity (Wildman–Crippen MR) is 77.8 cm³/mol. The summed E-state index contributed by atoms with van der Waals surface area (Å²) in [6.07, 6.45) is 2.59. The number of anilines is 1. The Morgan fingerprint density at radius 3 is 2.59 bits per heavy atom. The minimum absolute atomic E-state index is 0.0916. The third-order valence-electron chi connectivity index (χ3n) is 3.31. The van der Waals surface area contributed by atoms with E-state index in [1.54, 1.807) is 0 Å². The first-order valence-corrected chi connectivity index (χ1v) is 6.56. The third-order valence-corrected chi connectivity index (χ3v) is 3.86. The van der Waals surface area contributed by atoms with Crippen LogP contribution in [0.3, 0.4) is 0 Å². The molecule has 0 saturated heterocycles. The van der Waals surface area contributed by atoms with Crippen LogP contribution in [0, 0.1) is 5.92 Å². The van der Waals surface area contributed by atoms with E-state index in [0.29, 0.717) is 10.0 Å². The Balaban J connectivity index is 2.19. The van der Waals surface area contributed by atoms with Gasteiger partial charge in [0.1, 0.15) is 4.99 Å². The van der Waals surface area contributed by atoms with Gasteiger partial charge < -0.3 is 11.1 Å². The molecule has 2 nitrogen and oxygen atoms in total. The van der Waals surface area contributed by atoms with Crippen LogP contribution in [-0.2, 0) is 0 Å². The lowest BCUT2D eigenvalue weighted by atomic mass is 9.98. The Hall–Kier alpha value is -0.800. The van der Waals surface area contributed by atoms with Crippen molar-refractivity contribution in [2.45, 2.75) is 32.2 Å². The Kier molecular flexibility index (Phi) is 3.32. The number of thiocarbonyl (C=S) groups is 1. The normalized spacial score (nSPS) is 15.7. The number of nitrogens with two attached hydrogens (primary N) is 1. The average molecular weight is 269 g/mol. The number of benzene rings is 1. The van der Waals surface area contributed by atoms with Crippen LogP contribution >= 0.6 is 23.8 Å². The van der Waals surface area contributed by atoms with E-state index in [9.17, 15) is 0 Å². The van der Waals surface area contributed by atoms with Crippen LogP contribution in [0.25, 0.3) is 0 Å². The molecule has 0 atom stereocenters. The maximum Gasteiger partial charge on any atom is 0.104 e. The minimum atomic E-state index is 0.0916. The van der Waals surface area contributed by atoms with Crippen molar-refractivity contribution in [1.82, 2.24) is 0 Å². The van der Waals surface area contributed by atoms with Crippen molar-refractivity contribution in [3.05, 3.63) is 28.8 Å². The first kappa shape index (κ1) is 12.7. The molecule has 2 rings (SSSR count). The molecule has 1 aromatic carbocycles. The van der Waals surface area contributed by atoms with Crippen molar-refractivity contribution in [3.63, 3.8) is 0 Å². The molecular weight excluding hydrogens is 252 g/mol. The number of hydrogen-bond acceptors (Lipinski definition) is 2. The second kappa shape index (κ2) is 4.46. The minimum Gasteiger partial charge on any atom is -0.389 e. The second-order valence-electron chi connectivity index (χ2n) is 5.18. The molecule has 1 aliphatic rings. The largest absolute Gasteiger partial charge is 0.389 e. The van der Waals surface area contributed by atoms with Gasteiger partial charge in [-0.1, -0.05) is 23.8 Å². The van der Waals surface area contributed by atoms with Crippen molar-refractivity contribution >= 4 is 34.5 Å². The van der Waals surface area contributed by atoms with E-state index in [1.165, 1.54) is 12.8 Å². The summed E-state index contributed by atoms with van der Waals surface area (Å²) in [5.74, 6) is 0.744. The van der Waals surface area contributed by atoms with Crippen molar-refractivity contribution in [3.8, 4) is 0 Å².